The van der Waals surface area contributed by atoms with E-state index in [1.807, 2.05) is 0 Å². The molecule has 0 fully saturated rings. The summed E-state index contributed by atoms with van der Waals surface area (Å²) in [5, 5.41) is 3.87. The lowest BCUT2D eigenvalue weighted by molar-refractivity contribution is -0.130. The molecule has 0 bridgehead atoms. The summed E-state index contributed by atoms with van der Waals surface area (Å²) in [7, 11) is 1.79. The predicted molar refractivity (Wildman–Crippen MR) is 85.4 cm³/mol. The van der Waals surface area contributed by atoms with Crippen LogP contribution in [0.1, 0.15) is 32.6 Å². The molecule has 0 aliphatic rings. The van der Waals surface area contributed by atoms with Gasteiger partial charge in [0.1, 0.15) is 6.26 Å². The van der Waals surface area contributed by atoms with Gasteiger partial charge in [0.2, 0.25) is 17.6 Å². The first-order chi connectivity index (χ1) is 11.0. The predicted octanol–water partition coefficient (Wildman–Crippen LogP) is 2.09. The number of carbonyl (C=O) groups excluding carboxylic acids is 1. The first-order valence-electron chi connectivity index (χ1n) is 7.82. The van der Waals surface area contributed by atoms with Gasteiger partial charge in [0.05, 0.1) is 11.8 Å². The number of hydrogen-bond acceptors (Lipinski definition) is 6. The molecule has 7 heteroatoms. The molecule has 1 atom stereocenters. The molecule has 0 saturated heterocycles. The highest BCUT2D eigenvalue weighted by molar-refractivity contribution is 5.76. The lowest BCUT2D eigenvalue weighted by atomic mass is 10.0. The highest BCUT2D eigenvalue weighted by Crippen LogP contribution is 2.16. The molecule has 7 nitrogen and oxygen atoms in total. The third-order valence-electron chi connectivity index (χ3n) is 3.88. The fourth-order valence-corrected chi connectivity index (χ4v) is 2.07. The van der Waals surface area contributed by atoms with Crippen molar-refractivity contribution in [3.8, 4) is 11.4 Å². The van der Waals surface area contributed by atoms with Crippen LogP contribution in [-0.2, 0) is 11.2 Å². The van der Waals surface area contributed by atoms with Crippen molar-refractivity contribution in [1.82, 2.24) is 15.0 Å². The summed E-state index contributed by atoms with van der Waals surface area (Å²) in [4.78, 5) is 18.1. The van der Waals surface area contributed by atoms with Crippen molar-refractivity contribution in [3.63, 3.8) is 0 Å². The van der Waals surface area contributed by atoms with Crippen LogP contribution in [0.25, 0.3) is 11.4 Å². The van der Waals surface area contributed by atoms with E-state index in [0.29, 0.717) is 37.0 Å². The summed E-state index contributed by atoms with van der Waals surface area (Å²) in [5.74, 6) is 1.38. The number of aryl methyl sites for hydroxylation is 1. The summed E-state index contributed by atoms with van der Waals surface area (Å²) >= 11 is 0. The maximum atomic E-state index is 12.1. The normalized spacial score (nSPS) is 12.6. The standard InChI is InChI=1S/C16H24N4O3/c1-11(2)13(17)6-8-20(3)15(21)5-4-14-18-16(19-23-14)12-7-9-22-10-12/h7,9-11,13H,4-6,8,17H2,1-3H3. The van der Waals surface area contributed by atoms with Gasteiger partial charge in [0.25, 0.3) is 0 Å². The van der Waals surface area contributed by atoms with Crippen molar-refractivity contribution in [2.45, 2.75) is 39.2 Å². The number of furan rings is 1. The van der Waals surface area contributed by atoms with Crippen LogP contribution in [0.2, 0.25) is 0 Å². The molecule has 0 aromatic carbocycles. The van der Waals surface area contributed by atoms with Gasteiger partial charge in [-0.2, -0.15) is 4.98 Å². The number of aromatic nitrogens is 2. The average molecular weight is 320 g/mol. The highest BCUT2D eigenvalue weighted by Gasteiger charge is 2.15. The van der Waals surface area contributed by atoms with Crippen LogP contribution in [0, 0.1) is 5.92 Å². The van der Waals surface area contributed by atoms with E-state index in [1.54, 1.807) is 30.5 Å². The Hall–Kier alpha value is -2.15. The van der Waals surface area contributed by atoms with E-state index in [4.69, 9.17) is 14.7 Å². The molecule has 23 heavy (non-hydrogen) atoms. The van der Waals surface area contributed by atoms with Gasteiger partial charge in [-0.25, -0.2) is 0 Å². The van der Waals surface area contributed by atoms with Crippen LogP contribution >= 0.6 is 0 Å². The van der Waals surface area contributed by atoms with Crippen molar-refractivity contribution in [2.24, 2.45) is 11.7 Å². The van der Waals surface area contributed by atoms with E-state index < -0.39 is 0 Å². The van der Waals surface area contributed by atoms with Crippen molar-refractivity contribution in [3.05, 3.63) is 24.5 Å². The Morgan fingerprint density at radius 3 is 2.87 bits per heavy atom. The number of rotatable bonds is 8. The van der Waals surface area contributed by atoms with E-state index in [2.05, 4.69) is 24.0 Å². The lowest BCUT2D eigenvalue weighted by Crippen LogP contribution is -2.34. The Bertz CT molecular complexity index is 607. The first kappa shape index (κ1) is 17.2. The molecule has 0 aliphatic heterocycles. The van der Waals surface area contributed by atoms with E-state index in [9.17, 15) is 4.79 Å². The van der Waals surface area contributed by atoms with Crippen LogP contribution in [0.4, 0.5) is 0 Å². The number of nitrogens with two attached hydrogens (primary N) is 1. The molecule has 1 unspecified atom stereocenters. The molecule has 2 aromatic heterocycles. The average Bonchev–Trinajstić information content (AvgIpc) is 3.20. The Kier molecular flexibility index (Phi) is 5.92. The number of amides is 1. The Balaban J connectivity index is 1.78. The molecule has 0 aliphatic carbocycles. The van der Waals surface area contributed by atoms with Gasteiger partial charge >= 0.3 is 0 Å². The molecular weight excluding hydrogens is 296 g/mol. The number of nitrogens with zero attached hydrogens (tertiary/aromatic N) is 3. The Labute approximate surface area is 135 Å². The van der Waals surface area contributed by atoms with Crippen LogP contribution in [0.5, 0.6) is 0 Å². The third kappa shape index (κ3) is 4.92. The van der Waals surface area contributed by atoms with Gasteiger partial charge in [0.15, 0.2) is 0 Å². The van der Waals surface area contributed by atoms with Crippen LogP contribution in [-0.4, -0.2) is 40.6 Å². The summed E-state index contributed by atoms with van der Waals surface area (Å²) in [6.07, 6.45) is 4.65. The van der Waals surface area contributed by atoms with E-state index in [0.717, 1.165) is 12.0 Å². The maximum absolute atomic E-state index is 12.1. The Morgan fingerprint density at radius 1 is 1.43 bits per heavy atom. The van der Waals surface area contributed by atoms with Gasteiger partial charge < -0.3 is 19.6 Å². The summed E-state index contributed by atoms with van der Waals surface area (Å²) < 4.78 is 10.1. The second-order valence-corrected chi connectivity index (χ2v) is 6.04. The van der Waals surface area contributed by atoms with Gasteiger partial charge in [-0.1, -0.05) is 19.0 Å². The molecule has 2 N–H and O–H groups in total. The molecule has 2 heterocycles. The topological polar surface area (TPSA) is 98.4 Å². The van der Waals surface area contributed by atoms with Crippen molar-refractivity contribution >= 4 is 5.91 Å². The highest BCUT2D eigenvalue weighted by atomic mass is 16.5. The van der Waals surface area contributed by atoms with Crippen molar-refractivity contribution in [1.29, 1.82) is 0 Å². The fourth-order valence-electron chi connectivity index (χ4n) is 2.07. The molecule has 0 radical (unpaired) electrons. The number of carbonyl (C=O) groups is 1. The molecular formula is C16H24N4O3. The second kappa shape index (κ2) is 7.92. The van der Waals surface area contributed by atoms with Gasteiger partial charge in [-0.05, 0) is 18.4 Å². The summed E-state index contributed by atoms with van der Waals surface area (Å²) in [5.41, 5.74) is 6.76. The maximum Gasteiger partial charge on any atom is 0.227 e. The molecule has 2 rings (SSSR count). The fraction of sp³-hybridized carbons (Fsp3) is 0.562. The minimum Gasteiger partial charge on any atom is -0.472 e. The molecule has 2 aromatic rings. The number of hydrogen-bond donors (Lipinski definition) is 1. The molecule has 0 spiro atoms. The zero-order valence-corrected chi connectivity index (χ0v) is 13.9. The molecule has 126 valence electrons. The third-order valence-corrected chi connectivity index (χ3v) is 3.88. The monoisotopic (exact) mass is 320 g/mol. The Morgan fingerprint density at radius 2 is 2.22 bits per heavy atom. The smallest absolute Gasteiger partial charge is 0.227 e. The SMILES string of the molecule is CC(C)C(N)CCN(C)C(=O)CCc1nc(-c2ccoc2)no1. The van der Waals surface area contributed by atoms with E-state index in [-0.39, 0.29) is 11.9 Å². The largest absolute Gasteiger partial charge is 0.472 e. The van der Waals surface area contributed by atoms with E-state index in [1.165, 1.54) is 0 Å². The first-order valence-corrected chi connectivity index (χ1v) is 7.82. The second-order valence-electron chi connectivity index (χ2n) is 6.04. The quantitative estimate of drug-likeness (QED) is 0.799. The van der Waals surface area contributed by atoms with Gasteiger partial charge in [-0.15, -0.1) is 0 Å². The van der Waals surface area contributed by atoms with E-state index >= 15 is 0 Å². The molecule has 1 amide bonds. The van der Waals surface area contributed by atoms with Gasteiger partial charge in [-0.3, -0.25) is 4.79 Å². The van der Waals surface area contributed by atoms with Crippen molar-refractivity contribution < 1.29 is 13.7 Å². The molecule has 0 saturated carbocycles. The zero-order chi connectivity index (χ0) is 16.8. The summed E-state index contributed by atoms with van der Waals surface area (Å²) in [6.45, 7) is 4.82. The van der Waals surface area contributed by atoms with Gasteiger partial charge in [0, 0.05) is 32.5 Å². The van der Waals surface area contributed by atoms with Crippen LogP contribution < -0.4 is 5.73 Å². The van der Waals surface area contributed by atoms with Crippen LogP contribution in [0.3, 0.4) is 0 Å². The van der Waals surface area contributed by atoms with Crippen molar-refractivity contribution in [2.75, 3.05) is 13.6 Å². The zero-order valence-electron chi connectivity index (χ0n) is 13.9. The summed E-state index contributed by atoms with van der Waals surface area (Å²) in [6, 6.07) is 1.87. The lowest BCUT2D eigenvalue weighted by Gasteiger charge is -2.21. The minimum atomic E-state index is 0.0454. The van der Waals surface area contributed by atoms with Crippen LogP contribution in [0.15, 0.2) is 27.5 Å². The minimum absolute atomic E-state index is 0.0454.